The van der Waals surface area contributed by atoms with Crippen LogP contribution in [0.1, 0.15) is 15.9 Å². The highest BCUT2D eigenvalue weighted by molar-refractivity contribution is 7.92. The van der Waals surface area contributed by atoms with Gasteiger partial charge in [0.05, 0.1) is 17.1 Å². The lowest BCUT2D eigenvalue weighted by Crippen LogP contribution is -2.28. The Bertz CT molecular complexity index is 1070. The van der Waals surface area contributed by atoms with E-state index in [-0.39, 0.29) is 10.8 Å². The second-order valence-corrected chi connectivity index (χ2v) is 7.97. The maximum absolute atomic E-state index is 12.4. The molecule has 3 rings (SSSR count). The standard InChI is InChI=1S/C21H21N3O4S/c1-16-3-2-4-19(15-16)28-14-13-23-21(25)17-5-7-20(8-6-17)29(26,27)24-18-9-11-22-12-10-18/h2-12,15H,13-14H2,1H3,(H,22,24)(H,23,25). The van der Waals surface area contributed by atoms with Crippen molar-refractivity contribution in [3.05, 3.63) is 84.2 Å². The van der Waals surface area contributed by atoms with Gasteiger partial charge in [-0.15, -0.1) is 0 Å². The molecule has 1 aromatic heterocycles. The lowest BCUT2D eigenvalue weighted by atomic mass is 10.2. The molecule has 0 spiro atoms. The number of nitrogens with zero attached hydrogens (tertiary/aromatic N) is 1. The first kappa shape index (κ1) is 20.3. The van der Waals surface area contributed by atoms with E-state index in [1.807, 2.05) is 31.2 Å². The predicted octanol–water partition coefficient (Wildman–Crippen LogP) is 3.00. The molecule has 7 nitrogen and oxygen atoms in total. The molecule has 0 atom stereocenters. The summed E-state index contributed by atoms with van der Waals surface area (Å²) in [5.74, 6) is 0.444. The van der Waals surface area contributed by atoms with Gasteiger partial charge in [-0.05, 0) is 61.0 Å². The molecule has 150 valence electrons. The molecular weight excluding hydrogens is 390 g/mol. The van der Waals surface area contributed by atoms with Crippen LogP contribution in [0.4, 0.5) is 5.69 Å². The van der Waals surface area contributed by atoms with Crippen molar-refractivity contribution in [2.75, 3.05) is 17.9 Å². The first-order valence-electron chi connectivity index (χ1n) is 8.95. The van der Waals surface area contributed by atoms with Crippen LogP contribution < -0.4 is 14.8 Å². The molecule has 3 aromatic rings. The monoisotopic (exact) mass is 411 g/mol. The SMILES string of the molecule is Cc1cccc(OCCNC(=O)c2ccc(S(=O)(=O)Nc3ccncc3)cc2)c1. The number of nitrogens with one attached hydrogen (secondary N) is 2. The molecule has 0 saturated carbocycles. The van der Waals surface area contributed by atoms with Crippen molar-refractivity contribution in [2.24, 2.45) is 0 Å². The third kappa shape index (κ3) is 5.79. The van der Waals surface area contributed by atoms with E-state index in [9.17, 15) is 13.2 Å². The fraction of sp³-hybridized carbons (Fsp3) is 0.143. The number of rotatable bonds is 8. The number of hydrogen-bond acceptors (Lipinski definition) is 5. The molecule has 0 aliphatic carbocycles. The Labute approximate surface area is 169 Å². The number of amides is 1. The lowest BCUT2D eigenvalue weighted by Gasteiger charge is -2.10. The lowest BCUT2D eigenvalue weighted by molar-refractivity contribution is 0.0947. The molecule has 0 radical (unpaired) electrons. The Hall–Kier alpha value is -3.39. The molecule has 2 aromatic carbocycles. The van der Waals surface area contributed by atoms with Crippen LogP contribution in [0.15, 0.2) is 78.0 Å². The van der Waals surface area contributed by atoms with E-state index in [1.165, 1.54) is 36.7 Å². The summed E-state index contributed by atoms with van der Waals surface area (Å²) in [7, 11) is -3.74. The molecule has 2 N–H and O–H groups in total. The van der Waals surface area contributed by atoms with Gasteiger partial charge in [0.25, 0.3) is 15.9 Å². The smallest absolute Gasteiger partial charge is 0.261 e. The third-order valence-corrected chi connectivity index (χ3v) is 5.40. The van der Waals surface area contributed by atoms with Crippen LogP contribution in [0, 0.1) is 6.92 Å². The quantitative estimate of drug-likeness (QED) is 0.556. The molecule has 0 saturated heterocycles. The fourth-order valence-corrected chi connectivity index (χ4v) is 3.62. The van der Waals surface area contributed by atoms with Crippen molar-refractivity contribution in [1.82, 2.24) is 10.3 Å². The van der Waals surface area contributed by atoms with Gasteiger partial charge in [0, 0.05) is 18.0 Å². The Balaban J connectivity index is 1.53. The zero-order valence-electron chi connectivity index (χ0n) is 15.8. The predicted molar refractivity (Wildman–Crippen MR) is 110 cm³/mol. The van der Waals surface area contributed by atoms with Crippen LogP contribution in [0.3, 0.4) is 0 Å². The van der Waals surface area contributed by atoms with Crippen LogP contribution >= 0.6 is 0 Å². The van der Waals surface area contributed by atoms with Gasteiger partial charge in [0.1, 0.15) is 12.4 Å². The van der Waals surface area contributed by atoms with E-state index >= 15 is 0 Å². The number of aryl methyl sites for hydroxylation is 1. The second-order valence-electron chi connectivity index (χ2n) is 6.29. The number of hydrogen-bond donors (Lipinski definition) is 2. The highest BCUT2D eigenvalue weighted by Gasteiger charge is 2.15. The Morgan fingerprint density at radius 2 is 1.76 bits per heavy atom. The van der Waals surface area contributed by atoms with E-state index < -0.39 is 10.0 Å². The number of pyridine rings is 1. The molecule has 1 heterocycles. The molecule has 8 heteroatoms. The van der Waals surface area contributed by atoms with Crippen LogP contribution in [0.25, 0.3) is 0 Å². The zero-order valence-corrected chi connectivity index (χ0v) is 16.6. The average Bonchev–Trinajstić information content (AvgIpc) is 2.72. The van der Waals surface area contributed by atoms with Gasteiger partial charge in [-0.3, -0.25) is 14.5 Å². The van der Waals surface area contributed by atoms with E-state index in [4.69, 9.17) is 4.74 Å². The van der Waals surface area contributed by atoms with E-state index in [0.29, 0.717) is 24.4 Å². The second kappa shape index (κ2) is 9.20. The van der Waals surface area contributed by atoms with E-state index in [1.54, 1.807) is 12.1 Å². The summed E-state index contributed by atoms with van der Waals surface area (Å²) >= 11 is 0. The van der Waals surface area contributed by atoms with E-state index in [2.05, 4.69) is 15.0 Å². The Morgan fingerprint density at radius 3 is 2.45 bits per heavy atom. The summed E-state index contributed by atoms with van der Waals surface area (Å²) in [6.07, 6.45) is 2.99. The van der Waals surface area contributed by atoms with Gasteiger partial charge in [-0.25, -0.2) is 8.42 Å². The van der Waals surface area contributed by atoms with Crippen molar-refractivity contribution in [3.63, 3.8) is 0 Å². The van der Waals surface area contributed by atoms with Crippen LogP contribution in [0.5, 0.6) is 5.75 Å². The first-order valence-corrected chi connectivity index (χ1v) is 10.4. The van der Waals surface area contributed by atoms with Gasteiger partial charge in [0.15, 0.2) is 0 Å². The molecule has 0 fully saturated rings. The summed E-state index contributed by atoms with van der Waals surface area (Å²) in [6, 6.07) is 16.5. The van der Waals surface area contributed by atoms with Gasteiger partial charge in [0.2, 0.25) is 0 Å². The Morgan fingerprint density at radius 1 is 1.03 bits per heavy atom. The van der Waals surface area contributed by atoms with Crippen LogP contribution in [0.2, 0.25) is 0 Å². The minimum absolute atomic E-state index is 0.0636. The van der Waals surface area contributed by atoms with Crippen molar-refractivity contribution >= 4 is 21.6 Å². The normalized spacial score (nSPS) is 10.9. The molecule has 29 heavy (non-hydrogen) atoms. The number of anilines is 1. The maximum atomic E-state index is 12.4. The van der Waals surface area contributed by atoms with Gasteiger partial charge < -0.3 is 10.1 Å². The van der Waals surface area contributed by atoms with Gasteiger partial charge in [-0.1, -0.05) is 12.1 Å². The Kier molecular flexibility index (Phi) is 6.46. The molecule has 0 unspecified atom stereocenters. The third-order valence-electron chi connectivity index (χ3n) is 4.01. The zero-order chi connectivity index (χ0) is 20.7. The summed E-state index contributed by atoms with van der Waals surface area (Å²) in [5, 5.41) is 2.75. The number of benzene rings is 2. The van der Waals surface area contributed by atoms with Crippen molar-refractivity contribution < 1.29 is 17.9 Å². The summed E-state index contributed by atoms with van der Waals surface area (Å²) < 4.78 is 32.9. The van der Waals surface area contributed by atoms with Crippen molar-refractivity contribution in [3.8, 4) is 5.75 Å². The van der Waals surface area contributed by atoms with Crippen LogP contribution in [-0.4, -0.2) is 32.5 Å². The number of ether oxygens (including phenoxy) is 1. The van der Waals surface area contributed by atoms with Crippen LogP contribution in [-0.2, 0) is 10.0 Å². The fourth-order valence-electron chi connectivity index (χ4n) is 2.56. The topological polar surface area (TPSA) is 97.4 Å². The number of carbonyl (C=O) groups is 1. The highest BCUT2D eigenvalue weighted by Crippen LogP contribution is 2.16. The largest absolute Gasteiger partial charge is 0.492 e. The summed E-state index contributed by atoms with van der Waals surface area (Å²) in [4.78, 5) is 16.1. The number of sulfonamides is 1. The summed E-state index contributed by atoms with van der Waals surface area (Å²) in [5.41, 5.74) is 1.87. The summed E-state index contributed by atoms with van der Waals surface area (Å²) in [6.45, 7) is 2.64. The number of carbonyl (C=O) groups excluding carboxylic acids is 1. The molecule has 1 amide bonds. The minimum Gasteiger partial charge on any atom is -0.492 e. The average molecular weight is 411 g/mol. The highest BCUT2D eigenvalue weighted by atomic mass is 32.2. The molecule has 0 aliphatic heterocycles. The minimum atomic E-state index is -3.74. The first-order chi connectivity index (χ1) is 13.9. The van der Waals surface area contributed by atoms with Crippen molar-refractivity contribution in [1.29, 1.82) is 0 Å². The molecular formula is C21H21N3O4S. The van der Waals surface area contributed by atoms with Gasteiger partial charge >= 0.3 is 0 Å². The molecule has 0 aliphatic rings. The van der Waals surface area contributed by atoms with E-state index in [0.717, 1.165) is 11.3 Å². The molecule has 0 bridgehead atoms. The maximum Gasteiger partial charge on any atom is 0.261 e. The van der Waals surface area contributed by atoms with Gasteiger partial charge in [-0.2, -0.15) is 0 Å². The number of aromatic nitrogens is 1. The van der Waals surface area contributed by atoms with Crippen molar-refractivity contribution in [2.45, 2.75) is 11.8 Å².